The van der Waals surface area contributed by atoms with E-state index < -0.39 is 36.9 Å². The van der Waals surface area contributed by atoms with Gasteiger partial charge in [0.2, 0.25) is 0 Å². The van der Waals surface area contributed by atoms with Gasteiger partial charge in [-0.1, -0.05) is 0 Å². The van der Waals surface area contributed by atoms with Crippen LogP contribution in [0.3, 0.4) is 0 Å². The van der Waals surface area contributed by atoms with Crippen molar-refractivity contribution in [3.05, 3.63) is 54.0 Å². The highest BCUT2D eigenvalue weighted by molar-refractivity contribution is 5.95. The third kappa shape index (κ3) is 6.60. The molecular formula is C19H20N2O7. The molecule has 1 aromatic heterocycles. The van der Waals surface area contributed by atoms with Gasteiger partial charge in [0, 0.05) is 5.69 Å². The molecule has 2 aromatic rings. The lowest BCUT2D eigenvalue weighted by Gasteiger charge is -2.09. The molecule has 2 rings (SSSR count). The number of esters is 2. The Morgan fingerprint density at radius 3 is 2.39 bits per heavy atom. The van der Waals surface area contributed by atoms with Crippen LogP contribution in [0.1, 0.15) is 34.8 Å². The summed E-state index contributed by atoms with van der Waals surface area (Å²) in [5, 5.41) is 4.83. The zero-order valence-corrected chi connectivity index (χ0v) is 15.4. The van der Waals surface area contributed by atoms with Gasteiger partial charge in [0.15, 0.2) is 12.4 Å². The molecule has 2 N–H and O–H groups in total. The number of rotatable bonds is 8. The van der Waals surface area contributed by atoms with Crippen molar-refractivity contribution in [2.75, 3.05) is 18.5 Å². The molecule has 0 aliphatic carbocycles. The number of furan rings is 1. The number of nitrogens with one attached hydrogen (secondary N) is 2. The number of carbonyl (C=O) groups excluding carboxylic acids is 4. The molecule has 9 heteroatoms. The number of anilines is 1. The standard InChI is InChI=1S/C19H20N2O7/c1-12(2)28-19(25)13-5-7-14(8-6-13)21-16(22)11-27-17(23)10-20-18(24)15-4-3-9-26-15/h3-9,12H,10-11H2,1-2H3,(H,20,24)(H,21,22). The van der Waals surface area contributed by atoms with E-state index in [1.165, 1.54) is 42.7 Å². The van der Waals surface area contributed by atoms with E-state index in [1.807, 2.05) is 0 Å². The van der Waals surface area contributed by atoms with E-state index >= 15 is 0 Å². The van der Waals surface area contributed by atoms with E-state index in [4.69, 9.17) is 13.9 Å². The summed E-state index contributed by atoms with van der Waals surface area (Å²) in [6.45, 7) is 2.57. The third-order valence-electron chi connectivity index (χ3n) is 3.25. The molecule has 0 spiro atoms. The quantitative estimate of drug-likeness (QED) is 0.660. The fourth-order valence-corrected chi connectivity index (χ4v) is 2.01. The molecule has 0 bridgehead atoms. The molecular weight excluding hydrogens is 368 g/mol. The highest BCUT2D eigenvalue weighted by atomic mass is 16.5. The Morgan fingerprint density at radius 2 is 1.79 bits per heavy atom. The van der Waals surface area contributed by atoms with Gasteiger partial charge in [-0.2, -0.15) is 0 Å². The van der Waals surface area contributed by atoms with Crippen LogP contribution in [-0.2, 0) is 19.1 Å². The van der Waals surface area contributed by atoms with Gasteiger partial charge in [-0.15, -0.1) is 0 Å². The van der Waals surface area contributed by atoms with E-state index in [-0.39, 0.29) is 11.9 Å². The highest BCUT2D eigenvalue weighted by Crippen LogP contribution is 2.11. The minimum Gasteiger partial charge on any atom is -0.459 e. The molecule has 0 aliphatic rings. The maximum Gasteiger partial charge on any atom is 0.338 e. The topological polar surface area (TPSA) is 124 Å². The van der Waals surface area contributed by atoms with Gasteiger partial charge in [0.1, 0.15) is 6.54 Å². The maximum absolute atomic E-state index is 11.8. The van der Waals surface area contributed by atoms with Crippen molar-refractivity contribution >= 4 is 29.4 Å². The Labute approximate surface area is 161 Å². The molecule has 28 heavy (non-hydrogen) atoms. The zero-order chi connectivity index (χ0) is 20.5. The lowest BCUT2D eigenvalue weighted by atomic mass is 10.2. The first-order valence-electron chi connectivity index (χ1n) is 8.43. The van der Waals surface area contributed by atoms with Crippen LogP contribution in [0, 0.1) is 0 Å². The van der Waals surface area contributed by atoms with Crippen molar-refractivity contribution in [1.29, 1.82) is 0 Å². The molecule has 0 saturated carbocycles. The first-order chi connectivity index (χ1) is 13.3. The van der Waals surface area contributed by atoms with Gasteiger partial charge < -0.3 is 24.5 Å². The summed E-state index contributed by atoms with van der Waals surface area (Å²) < 4.78 is 14.7. The van der Waals surface area contributed by atoms with Crippen LogP contribution in [0.2, 0.25) is 0 Å². The van der Waals surface area contributed by atoms with E-state index in [2.05, 4.69) is 10.6 Å². The molecule has 1 aromatic carbocycles. The van der Waals surface area contributed by atoms with Crippen LogP contribution >= 0.6 is 0 Å². The Hall–Kier alpha value is -3.62. The van der Waals surface area contributed by atoms with Crippen LogP contribution in [0.15, 0.2) is 47.1 Å². The fraction of sp³-hybridized carbons (Fsp3) is 0.263. The second-order valence-corrected chi connectivity index (χ2v) is 5.90. The SMILES string of the molecule is CC(C)OC(=O)c1ccc(NC(=O)COC(=O)CNC(=O)c2ccco2)cc1. The number of ether oxygens (including phenoxy) is 2. The van der Waals surface area contributed by atoms with Gasteiger partial charge in [0.05, 0.1) is 17.9 Å². The van der Waals surface area contributed by atoms with Crippen molar-refractivity contribution in [3.63, 3.8) is 0 Å². The number of carbonyl (C=O) groups is 4. The van der Waals surface area contributed by atoms with Crippen LogP contribution < -0.4 is 10.6 Å². The Morgan fingerprint density at radius 1 is 1.07 bits per heavy atom. The number of hydrogen-bond donors (Lipinski definition) is 2. The van der Waals surface area contributed by atoms with Gasteiger partial charge >= 0.3 is 11.9 Å². The molecule has 2 amide bonds. The predicted molar refractivity (Wildman–Crippen MR) is 97.6 cm³/mol. The summed E-state index contributed by atoms with van der Waals surface area (Å²) in [7, 11) is 0. The zero-order valence-electron chi connectivity index (χ0n) is 15.4. The Bertz CT molecular complexity index is 826. The van der Waals surface area contributed by atoms with Crippen molar-refractivity contribution in [3.8, 4) is 0 Å². The summed E-state index contributed by atoms with van der Waals surface area (Å²) in [5.41, 5.74) is 0.777. The van der Waals surface area contributed by atoms with Crippen LogP contribution in [0.4, 0.5) is 5.69 Å². The summed E-state index contributed by atoms with van der Waals surface area (Å²) in [6, 6.07) is 9.06. The number of hydrogen-bond acceptors (Lipinski definition) is 7. The molecule has 0 saturated heterocycles. The minimum atomic E-state index is -0.776. The molecule has 0 fully saturated rings. The second-order valence-electron chi connectivity index (χ2n) is 5.90. The van der Waals surface area contributed by atoms with E-state index in [1.54, 1.807) is 13.8 Å². The molecule has 148 valence electrons. The van der Waals surface area contributed by atoms with Crippen LogP contribution in [0.5, 0.6) is 0 Å². The van der Waals surface area contributed by atoms with E-state index in [0.717, 1.165) is 0 Å². The summed E-state index contributed by atoms with van der Waals surface area (Å²) in [5.74, 6) is -2.31. The number of amides is 2. The molecule has 0 unspecified atom stereocenters. The second kappa shape index (κ2) is 9.91. The van der Waals surface area contributed by atoms with Crippen molar-refractivity contribution in [2.24, 2.45) is 0 Å². The maximum atomic E-state index is 11.8. The Balaban J connectivity index is 1.72. The predicted octanol–water partition coefficient (Wildman–Crippen LogP) is 1.76. The third-order valence-corrected chi connectivity index (χ3v) is 3.25. The summed E-state index contributed by atoms with van der Waals surface area (Å²) in [6.07, 6.45) is 1.10. The van der Waals surface area contributed by atoms with Gasteiger partial charge in [-0.25, -0.2) is 4.79 Å². The van der Waals surface area contributed by atoms with Crippen LogP contribution in [-0.4, -0.2) is 43.0 Å². The molecule has 0 radical (unpaired) electrons. The smallest absolute Gasteiger partial charge is 0.338 e. The summed E-state index contributed by atoms with van der Waals surface area (Å²) in [4.78, 5) is 46.8. The monoisotopic (exact) mass is 388 g/mol. The van der Waals surface area contributed by atoms with Gasteiger partial charge in [-0.05, 0) is 50.2 Å². The van der Waals surface area contributed by atoms with E-state index in [9.17, 15) is 19.2 Å². The minimum absolute atomic E-state index is 0.0614. The lowest BCUT2D eigenvalue weighted by molar-refractivity contribution is -0.146. The van der Waals surface area contributed by atoms with Gasteiger partial charge in [-0.3, -0.25) is 14.4 Å². The molecule has 0 atom stereocenters. The van der Waals surface area contributed by atoms with Gasteiger partial charge in [0.25, 0.3) is 11.8 Å². The number of benzene rings is 1. The average Bonchev–Trinajstić information content (AvgIpc) is 3.19. The fourth-order valence-electron chi connectivity index (χ4n) is 2.01. The first kappa shape index (κ1) is 20.7. The largest absolute Gasteiger partial charge is 0.459 e. The summed E-state index contributed by atoms with van der Waals surface area (Å²) >= 11 is 0. The van der Waals surface area contributed by atoms with E-state index in [0.29, 0.717) is 11.3 Å². The average molecular weight is 388 g/mol. The normalized spacial score (nSPS) is 10.2. The molecule has 9 nitrogen and oxygen atoms in total. The van der Waals surface area contributed by atoms with Crippen LogP contribution in [0.25, 0.3) is 0 Å². The molecule has 0 aliphatic heterocycles. The lowest BCUT2D eigenvalue weighted by Crippen LogP contribution is -2.32. The van der Waals surface area contributed by atoms with Crippen molar-refractivity contribution in [2.45, 2.75) is 20.0 Å². The molecule has 1 heterocycles. The Kier molecular flexibility index (Phi) is 7.32. The van der Waals surface area contributed by atoms with Crippen molar-refractivity contribution in [1.82, 2.24) is 5.32 Å². The highest BCUT2D eigenvalue weighted by Gasteiger charge is 2.13. The first-order valence-corrected chi connectivity index (χ1v) is 8.43. The van der Waals surface area contributed by atoms with Crippen molar-refractivity contribution < 1.29 is 33.1 Å².